The van der Waals surface area contributed by atoms with E-state index in [9.17, 15) is 14.1 Å². The molecule has 0 spiro atoms. The molecule has 0 bridgehead atoms. The minimum absolute atomic E-state index is 0.167. The Morgan fingerprint density at radius 3 is 2.38 bits per heavy atom. The number of esters is 1. The molecule has 3 aromatic rings. The summed E-state index contributed by atoms with van der Waals surface area (Å²) in [7, 11) is 1.29. The maximum absolute atomic E-state index is 13.7. The van der Waals surface area contributed by atoms with Crippen LogP contribution in [0.5, 0.6) is 11.5 Å². The van der Waals surface area contributed by atoms with Crippen LogP contribution in [0.3, 0.4) is 0 Å². The molecule has 0 radical (unpaired) electrons. The first-order valence-electron chi connectivity index (χ1n) is 8.53. The van der Waals surface area contributed by atoms with Crippen molar-refractivity contribution in [1.29, 1.82) is 0 Å². The molecule has 0 saturated heterocycles. The molecule has 0 amide bonds. The van der Waals surface area contributed by atoms with Gasteiger partial charge in [-0.2, -0.15) is 0 Å². The van der Waals surface area contributed by atoms with Crippen molar-refractivity contribution in [2.24, 2.45) is 5.18 Å². The third-order valence-corrected chi connectivity index (χ3v) is 4.78. The smallest absolute Gasteiger partial charge is 0.340 e. The van der Waals surface area contributed by atoms with Crippen LogP contribution < -0.4 is 9.46 Å². The monoisotopic (exact) mass is 412 g/mol. The van der Waals surface area contributed by atoms with Gasteiger partial charge in [-0.25, -0.2) is 9.18 Å². The van der Waals surface area contributed by atoms with E-state index in [1.54, 1.807) is 12.1 Å². The number of carbonyl (C=O) groups is 1. The number of nitrogens with zero attached hydrogens (tertiary/aromatic N) is 1. The summed E-state index contributed by atoms with van der Waals surface area (Å²) in [5, 5.41) is 2.58. The topological polar surface area (TPSA) is 77.0 Å². The number of nitrogens with one attached hydrogen (secondary N) is 1. The minimum atomic E-state index is -0.793. The Hall–Kier alpha value is -3.39. The number of hydrogen-bond acceptors (Lipinski definition) is 7. The predicted octanol–water partition coefficient (Wildman–Crippen LogP) is 6.23. The summed E-state index contributed by atoms with van der Waals surface area (Å²) in [4.78, 5) is 23.7. The van der Waals surface area contributed by atoms with Gasteiger partial charge in [-0.1, -0.05) is 17.7 Å². The SMILES string of the molecule is COC(=O)c1cc(Oc2ccc(N=O)c(F)c2)ccc1NSc1ccc(C)cc1. The van der Waals surface area contributed by atoms with Crippen LogP contribution in [0.15, 0.2) is 70.7 Å². The molecule has 8 heteroatoms. The van der Waals surface area contributed by atoms with E-state index in [-0.39, 0.29) is 17.0 Å². The van der Waals surface area contributed by atoms with Crippen molar-refractivity contribution >= 4 is 29.3 Å². The molecule has 0 aromatic heterocycles. The number of carbonyl (C=O) groups excluding carboxylic acids is 1. The lowest BCUT2D eigenvalue weighted by atomic mass is 10.1. The van der Waals surface area contributed by atoms with Crippen molar-refractivity contribution in [3.05, 3.63) is 82.5 Å². The molecular formula is C21H17FN2O4S. The normalized spacial score (nSPS) is 10.3. The zero-order valence-corrected chi connectivity index (χ0v) is 16.5. The summed E-state index contributed by atoms with van der Waals surface area (Å²) >= 11 is 1.35. The number of ether oxygens (including phenoxy) is 2. The molecule has 3 aromatic carbocycles. The number of aryl methyl sites for hydroxylation is 1. The van der Waals surface area contributed by atoms with E-state index in [1.807, 2.05) is 31.2 Å². The summed E-state index contributed by atoms with van der Waals surface area (Å²) in [6, 6.07) is 16.4. The second-order valence-corrected chi connectivity index (χ2v) is 6.90. The zero-order valence-electron chi connectivity index (χ0n) is 15.6. The van der Waals surface area contributed by atoms with Crippen LogP contribution in [-0.4, -0.2) is 13.1 Å². The molecule has 29 heavy (non-hydrogen) atoms. The number of anilines is 1. The molecule has 0 aliphatic heterocycles. The number of methoxy groups -OCH3 is 1. The number of benzene rings is 3. The van der Waals surface area contributed by atoms with E-state index < -0.39 is 11.8 Å². The maximum atomic E-state index is 13.7. The first-order chi connectivity index (χ1) is 14.0. The van der Waals surface area contributed by atoms with Crippen LogP contribution in [0, 0.1) is 17.6 Å². The lowest BCUT2D eigenvalue weighted by Gasteiger charge is -2.13. The Balaban J connectivity index is 1.81. The Morgan fingerprint density at radius 1 is 1.03 bits per heavy atom. The third-order valence-electron chi connectivity index (χ3n) is 3.95. The average molecular weight is 412 g/mol. The van der Waals surface area contributed by atoms with Crippen LogP contribution in [0.4, 0.5) is 15.8 Å². The van der Waals surface area contributed by atoms with Crippen molar-refractivity contribution in [2.45, 2.75) is 11.8 Å². The largest absolute Gasteiger partial charge is 0.465 e. The highest BCUT2D eigenvalue weighted by molar-refractivity contribution is 8.00. The quantitative estimate of drug-likeness (QED) is 0.282. The van der Waals surface area contributed by atoms with Crippen LogP contribution in [0.25, 0.3) is 0 Å². The lowest BCUT2D eigenvalue weighted by Crippen LogP contribution is -2.05. The number of halogens is 1. The highest BCUT2D eigenvalue weighted by atomic mass is 32.2. The molecular weight excluding hydrogens is 395 g/mol. The van der Waals surface area contributed by atoms with Gasteiger partial charge in [-0.05, 0) is 66.5 Å². The number of nitroso groups, excluding NO2 is 1. The average Bonchev–Trinajstić information content (AvgIpc) is 2.73. The van der Waals surface area contributed by atoms with Crippen LogP contribution in [-0.2, 0) is 4.74 Å². The van der Waals surface area contributed by atoms with Crippen LogP contribution in [0.1, 0.15) is 15.9 Å². The van der Waals surface area contributed by atoms with Gasteiger partial charge >= 0.3 is 5.97 Å². The highest BCUT2D eigenvalue weighted by Crippen LogP contribution is 2.31. The van der Waals surface area contributed by atoms with E-state index >= 15 is 0 Å². The Labute approximate surface area is 171 Å². The van der Waals surface area contributed by atoms with E-state index in [0.29, 0.717) is 11.4 Å². The lowest BCUT2D eigenvalue weighted by molar-refractivity contribution is 0.0601. The Kier molecular flexibility index (Phi) is 6.46. The Bertz CT molecular complexity index is 1040. The fourth-order valence-electron chi connectivity index (χ4n) is 2.44. The summed E-state index contributed by atoms with van der Waals surface area (Å²) in [5.41, 5.74) is 1.65. The van der Waals surface area contributed by atoms with E-state index in [1.165, 1.54) is 37.3 Å². The summed E-state index contributed by atoms with van der Waals surface area (Å²) in [6.07, 6.45) is 0. The second-order valence-electron chi connectivity index (χ2n) is 6.02. The first kappa shape index (κ1) is 20.3. The first-order valence-corrected chi connectivity index (χ1v) is 9.34. The van der Waals surface area contributed by atoms with E-state index in [2.05, 4.69) is 9.90 Å². The van der Waals surface area contributed by atoms with Gasteiger partial charge in [-0.15, -0.1) is 4.91 Å². The van der Waals surface area contributed by atoms with Crippen molar-refractivity contribution in [1.82, 2.24) is 0 Å². The molecule has 1 N–H and O–H groups in total. The fourth-order valence-corrected chi connectivity index (χ4v) is 3.11. The summed E-state index contributed by atoms with van der Waals surface area (Å²) in [5.74, 6) is -0.865. The molecule has 148 valence electrons. The third kappa shape index (κ3) is 5.11. The molecule has 6 nitrogen and oxygen atoms in total. The summed E-state index contributed by atoms with van der Waals surface area (Å²) in [6.45, 7) is 2.00. The van der Waals surface area contributed by atoms with Crippen molar-refractivity contribution in [3.63, 3.8) is 0 Å². The van der Waals surface area contributed by atoms with Gasteiger partial charge in [0.2, 0.25) is 0 Å². The van der Waals surface area contributed by atoms with E-state index in [0.717, 1.165) is 16.5 Å². The summed E-state index contributed by atoms with van der Waals surface area (Å²) < 4.78 is 27.3. The van der Waals surface area contributed by atoms with Crippen LogP contribution in [0.2, 0.25) is 0 Å². The van der Waals surface area contributed by atoms with Gasteiger partial charge in [0.05, 0.1) is 18.4 Å². The molecule has 3 rings (SSSR count). The fraction of sp³-hybridized carbons (Fsp3) is 0.0952. The van der Waals surface area contributed by atoms with Gasteiger partial charge in [-0.3, -0.25) is 0 Å². The second kappa shape index (κ2) is 9.20. The molecule has 0 aliphatic carbocycles. The number of hydrogen-bond donors (Lipinski definition) is 1. The molecule has 0 saturated carbocycles. The standard InChI is InChI=1S/C21H17FN2O4S/c1-13-3-7-16(8-4-13)29-24-19-9-5-14(11-17(19)21(25)27-2)28-15-6-10-20(23-26)18(22)12-15/h3-12,24H,1-2H3. The molecule has 0 aliphatic rings. The zero-order chi connectivity index (χ0) is 20.8. The van der Waals surface area contributed by atoms with Gasteiger partial charge in [0.1, 0.15) is 17.2 Å². The molecule has 0 fully saturated rings. The highest BCUT2D eigenvalue weighted by Gasteiger charge is 2.15. The van der Waals surface area contributed by atoms with Crippen molar-refractivity contribution in [2.75, 3.05) is 11.8 Å². The van der Waals surface area contributed by atoms with Gasteiger partial charge in [0.15, 0.2) is 5.82 Å². The van der Waals surface area contributed by atoms with Gasteiger partial charge in [0, 0.05) is 11.0 Å². The van der Waals surface area contributed by atoms with Crippen molar-refractivity contribution in [3.8, 4) is 11.5 Å². The predicted molar refractivity (Wildman–Crippen MR) is 110 cm³/mol. The maximum Gasteiger partial charge on any atom is 0.340 e. The van der Waals surface area contributed by atoms with Crippen molar-refractivity contribution < 1.29 is 18.7 Å². The van der Waals surface area contributed by atoms with E-state index in [4.69, 9.17) is 9.47 Å². The Morgan fingerprint density at radius 2 is 1.72 bits per heavy atom. The minimum Gasteiger partial charge on any atom is -0.465 e. The van der Waals surface area contributed by atoms with Gasteiger partial charge < -0.3 is 14.2 Å². The number of rotatable bonds is 7. The van der Waals surface area contributed by atoms with Gasteiger partial charge in [0.25, 0.3) is 0 Å². The molecule has 0 atom stereocenters. The molecule has 0 unspecified atom stereocenters. The molecule has 0 heterocycles. The van der Waals surface area contributed by atoms with Crippen LogP contribution >= 0.6 is 11.9 Å².